The van der Waals surface area contributed by atoms with Gasteiger partial charge in [0.15, 0.2) is 0 Å². The average molecular weight is 207 g/mol. The van der Waals surface area contributed by atoms with Crippen LogP contribution in [0.5, 0.6) is 0 Å². The smallest absolute Gasteiger partial charge is 0.138 e. The Morgan fingerprint density at radius 2 is 1.87 bits per heavy atom. The number of nitrogens with zero attached hydrogens (tertiary/aromatic N) is 1. The van der Waals surface area contributed by atoms with E-state index in [0.29, 0.717) is 18.6 Å². The number of fused-ring (bicyclic) bond motifs is 1. The van der Waals surface area contributed by atoms with Crippen LogP contribution in [0.1, 0.15) is 44.1 Å². The van der Waals surface area contributed by atoms with Crippen LogP contribution >= 0.6 is 0 Å². The lowest BCUT2D eigenvalue weighted by molar-refractivity contribution is 0.0985. The highest BCUT2D eigenvalue weighted by Crippen LogP contribution is 2.37. The molecular weight excluding hydrogens is 189 g/mol. The lowest BCUT2D eigenvalue weighted by atomic mass is 9.91. The molecule has 0 aliphatic carbocycles. The first-order chi connectivity index (χ1) is 7.11. The van der Waals surface area contributed by atoms with Gasteiger partial charge in [-0.3, -0.25) is 4.90 Å². The molecule has 15 heavy (non-hydrogen) atoms. The molecule has 0 N–H and O–H groups in total. The number of halogens is 1. The Morgan fingerprint density at radius 3 is 2.47 bits per heavy atom. The number of benzene rings is 1. The maximum absolute atomic E-state index is 13.9. The Hall–Kier alpha value is -0.890. The third-order valence-electron chi connectivity index (χ3n) is 3.32. The highest BCUT2D eigenvalue weighted by atomic mass is 19.1. The van der Waals surface area contributed by atoms with Crippen LogP contribution < -0.4 is 0 Å². The van der Waals surface area contributed by atoms with E-state index in [1.165, 1.54) is 0 Å². The van der Waals surface area contributed by atoms with Crippen molar-refractivity contribution in [1.29, 1.82) is 0 Å². The first-order valence-electron chi connectivity index (χ1n) is 5.60. The summed E-state index contributed by atoms with van der Waals surface area (Å²) < 4.78 is 13.9. The van der Waals surface area contributed by atoms with Crippen LogP contribution in [0.2, 0.25) is 0 Å². The molecule has 0 aromatic heterocycles. The molecule has 2 heteroatoms. The summed E-state index contributed by atoms with van der Waals surface area (Å²) in [6.45, 7) is 6.93. The summed E-state index contributed by atoms with van der Waals surface area (Å²) >= 11 is 0. The normalized spacial score (nSPS) is 26.7. The van der Waals surface area contributed by atoms with Gasteiger partial charge in [0.1, 0.15) is 6.17 Å². The van der Waals surface area contributed by atoms with Crippen molar-refractivity contribution in [3.05, 3.63) is 35.4 Å². The van der Waals surface area contributed by atoms with Crippen LogP contribution in [-0.4, -0.2) is 17.5 Å². The summed E-state index contributed by atoms with van der Waals surface area (Å²) in [6.07, 6.45) is -0.834. The van der Waals surface area contributed by atoms with E-state index in [1.54, 1.807) is 0 Å². The summed E-state index contributed by atoms with van der Waals surface area (Å²) in [5.41, 5.74) is 2.02. The van der Waals surface area contributed by atoms with E-state index in [9.17, 15) is 4.39 Å². The highest BCUT2D eigenvalue weighted by Gasteiger charge is 2.31. The van der Waals surface area contributed by atoms with Gasteiger partial charge in [-0.2, -0.15) is 0 Å². The van der Waals surface area contributed by atoms with Crippen molar-refractivity contribution in [3.8, 4) is 0 Å². The average Bonchev–Trinajstić information content (AvgIpc) is 2.23. The van der Waals surface area contributed by atoms with Crippen LogP contribution in [0.4, 0.5) is 4.39 Å². The fraction of sp³-hybridized carbons (Fsp3) is 0.538. The maximum atomic E-state index is 13.9. The summed E-state index contributed by atoms with van der Waals surface area (Å²) in [4.78, 5) is 2.22. The molecule has 0 saturated carbocycles. The predicted octanol–water partition coefficient (Wildman–Crippen LogP) is 3.48. The summed E-state index contributed by atoms with van der Waals surface area (Å²) in [7, 11) is 0. The molecule has 0 amide bonds. The minimum absolute atomic E-state index is 0.327. The van der Waals surface area contributed by atoms with Crippen molar-refractivity contribution in [2.24, 2.45) is 0 Å². The van der Waals surface area contributed by atoms with E-state index >= 15 is 0 Å². The Labute approximate surface area is 90.9 Å². The fourth-order valence-corrected chi connectivity index (χ4v) is 2.45. The molecule has 1 unspecified atom stereocenters. The largest absolute Gasteiger partial charge is 0.291 e. The van der Waals surface area contributed by atoms with Crippen LogP contribution in [0, 0.1) is 0 Å². The second-order valence-electron chi connectivity index (χ2n) is 4.56. The van der Waals surface area contributed by atoms with Gasteiger partial charge in [-0.15, -0.1) is 0 Å². The van der Waals surface area contributed by atoms with Crippen molar-refractivity contribution in [3.63, 3.8) is 0 Å². The molecule has 0 fully saturated rings. The number of hydrogen-bond acceptors (Lipinski definition) is 1. The topological polar surface area (TPSA) is 3.24 Å². The van der Waals surface area contributed by atoms with Crippen molar-refractivity contribution in [1.82, 2.24) is 4.90 Å². The van der Waals surface area contributed by atoms with E-state index in [1.807, 2.05) is 24.3 Å². The summed E-state index contributed by atoms with van der Waals surface area (Å²) in [5.74, 6) is 0. The maximum Gasteiger partial charge on any atom is 0.138 e. The van der Waals surface area contributed by atoms with Crippen molar-refractivity contribution >= 4 is 0 Å². The molecule has 0 bridgehead atoms. The quantitative estimate of drug-likeness (QED) is 0.681. The predicted molar refractivity (Wildman–Crippen MR) is 60.5 cm³/mol. The summed E-state index contributed by atoms with van der Waals surface area (Å²) in [5, 5.41) is 0. The molecule has 0 saturated heterocycles. The van der Waals surface area contributed by atoms with Gasteiger partial charge in [0.2, 0.25) is 0 Å². The van der Waals surface area contributed by atoms with Crippen molar-refractivity contribution < 1.29 is 4.39 Å². The molecule has 82 valence electrons. The third-order valence-corrected chi connectivity index (χ3v) is 3.32. The Bertz CT molecular complexity index is 348. The standard InChI is InChI=1S/C13H18FN/c1-9(2)15-8-13(14)12-7-5-4-6-11(12)10(15)3/h4-7,9-10,13H,8H2,1-3H3/t10-,13?/m1/s1. The molecule has 1 heterocycles. The van der Waals surface area contributed by atoms with E-state index in [0.717, 1.165) is 11.1 Å². The number of rotatable bonds is 1. The van der Waals surface area contributed by atoms with E-state index in [2.05, 4.69) is 25.7 Å². The second kappa shape index (κ2) is 3.93. The number of hydrogen-bond donors (Lipinski definition) is 0. The highest BCUT2D eigenvalue weighted by molar-refractivity contribution is 5.34. The van der Waals surface area contributed by atoms with E-state index in [4.69, 9.17) is 0 Å². The lowest BCUT2D eigenvalue weighted by Crippen LogP contribution is -2.39. The van der Waals surface area contributed by atoms with Gasteiger partial charge in [-0.25, -0.2) is 4.39 Å². The lowest BCUT2D eigenvalue weighted by Gasteiger charge is -2.39. The first-order valence-corrected chi connectivity index (χ1v) is 5.60. The molecule has 0 radical (unpaired) electrons. The molecule has 1 aromatic rings. The minimum Gasteiger partial charge on any atom is -0.291 e. The van der Waals surface area contributed by atoms with Gasteiger partial charge in [0.05, 0.1) is 0 Å². The van der Waals surface area contributed by atoms with E-state index < -0.39 is 6.17 Å². The zero-order valence-corrected chi connectivity index (χ0v) is 9.57. The monoisotopic (exact) mass is 207 g/mol. The van der Waals surface area contributed by atoms with E-state index in [-0.39, 0.29) is 0 Å². The van der Waals surface area contributed by atoms with Crippen LogP contribution in [-0.2, 0) is 0 Å². The molecule has 2 atom stereocenters. The molecule has 0 spiro atoms. The molecule has 1 aliphatic rings. The van der Waals surface area contributed by atoms with Crippen molar-refractivity contribution in [2.75, 3.05) is 6.54 Å². The van der Waals surface area contributed by atoms with Gasteiger partial charge in [0.25, 0.3) is 0 Å². The Kier molecular flexibility index (Phi) is 2.79. The first kappa shape index (κ1) is 10.6. The molecule has 1 aliphatic heterocycles. The Balaban J connectivity index is 2.39. The fourth-order valence-electron chi connectivity index (χ4n) is 2.45. The van der Waals surface area contributed by atoms with Gasteiger partial charge in [0, 0.05) is 18.6 Å². The van der Waals surface area contributed by atoms with Gasteiger partial charge in [-0.1, -0.05) is 24.3 Å². The molecule has 2 rings (SSSR count). The van der Waals surface area contributed by atoms with Crippen LogP contribution in [0.3, 0.4) is 0 Å². The van der Waals surface area contributed by atoms with Crippen LogP contribution in [0.15, 0.2) is 24.3 Å². The SMILES string of the molecule is CC(C)N1CC(F)c2ccccc2[C@H]1C. The minimum atomic E-state index is -0.834. The molecular formula is C13H18FN. The summed E-state index contributed by atoms with van der Waals surface area (Å²) in [6, 6.07) is 8.59. The number of alkyl halides is 1. The van der Waals surface area contributed by atoms with Crippen molar-refractivity contribution in [2.45, 2.75) is 39.0 Å². The second-order valence-corrected chi connectivity index (χ2v) is 4.56. The zero-order valence-electron chi connectivity index (χ0n) is 9.57. The third kappa shape index (κ3) is 1.78. The van der Waals surface area contributed by atoms with Gasteiger partial charge < -0.3 is 0 Å². The van der Waals surface area contributed by atoms with Crippen LogP contribution in [0.25, 0.3) is 0 Å². The Morgan fingerprint density at radius 1 is 1.27 bits per heavy atom. The van der Waals surface area contributed by atoms with Gasteiger partial charge in [-0.05, 0) is 31.9 Å². The molecule has 1 nitrogen and oxygen atoms in total. The zero-order chi connectivity index (χ0) is 11.0. The molecule has 1 aromatic carbocycles. The van der Waals surface area contributed by atoms with Gasteiger partial charge >= 0.3 is 0 Å².